The van der Waals surface area contributed by atoms with Gasteiger partial charge in [-0.25, -0.2) is 4.98 Å². The molecule has 6 rings (SSSR count). The summed E-state index contributed by atoms with van der Waals surface area (Å²) < 4.78 is 2.27. The van der Waals surface area contributed by atoms with E-state index in [0.29, 0.717) is 18.5 Å². The third-order valence-corrected chi connectivity index (χ3v) is 13.7. The lowest BCUT2D eigenvalue weighted by atomic mass is 9.43. The summed E-state index contributed by atoms with van der Waals surface area (Å²) in [5.41, 5.74) is 5.55. The number of aromatic nitrogens is 2. The van der Waals surface area contributed by atoms with Crippen molar-refractivity contribution in [3.05, 3.63) is 169 Å². The Bertz CT molecular complexity index is 1640. The third kappa shape index (κ3) is 7.64. The molecular formula is C41H45BN2Si. The van der Waals surface area contributed by atoms with E-state index in [9.17, 15) is 0 Å². The van der Waals surface area contributed by atoms with Crippen molar-refractivity contribution in [1.29, 1.82) is 0 Å². The van der Waals surface area contributed by atoms with Crippen LogP contribution in [0.1, 0.15) is 50.7 Å². The molecule has 2 nitrogen and oxygen atoms in total. The quantitative estimate of drug-likeness (QED) is 0.132. The van der Waals surface area contributed by atoms with Crippen LogP contribution in [0.3, 0.4) is 0 Å². The molecule has 0 aliphatic carbocycles. The van der Waals surface area contributed by atoms with Gasteiger partial charge in [-0.05, 0) is 38.5 Å². The van der Waals surface area contributed by atoms with E-state index < -0.39 is 8.07 Å². The van der Waals surface area contributed by atoms with E-state index in [1.54, 1.807) is 0 Å². The monoisotopic (exact) mass is 604 g/mol. The molecule has 0 amide bonds. The van der Waals surface area contributed by atoms with Gasteiger partial charge in [-0.2, -0.15) is 0 Å². The average molecular weight is 605 g/mol. The lowest BCUT2D eigenvalue weighted by molar-refractivity contribution is 0.856. The Balaban J connectivity index is 0.000000238. The summed E-state index contributed by atoms with van der Waals surface area (Å²) in [7, 11) is -2.36. The molecule has 226 valence electrons. The van der Waals surface area contributed by atoms with Crippen LogP contribution < -0.4 is 26.5 Å². The number of imidazole rings is 1. The molecule has 0 saturated heterocycles. The predicted octanol–water partition coefficient (Wildman–Crippen LogP) is 6.76. The molecule has 0 N–H and O–H groups in total. The maximum absolute atomic E-state index is 4.36. The minimum atomic E-state index is -2.36. The van der Waals surface area contributed by atoms with E-state index in [4.69, 9.17) is 0 Å². The fourth-order valence-corrected chi connectivity index (χ4v) is 10.8. The highest BCUT2D eigenvalue weighted by Crippen LogP contribution is 2.19. The first kappa shape index (κ1) is 32.0. The van der Waals surface area contributed by atoms with Crippen LogP contribution in [-0.4, -0.2) is 24.3 Å². The van der Waals surface area contributed by atoms with E-state index in [2.05, 4.69) is 190 Å². The fraction of sp³-hybridized carbons (Fsp3) is 0.195. The zero-order valence-electron chi connectivity index (χ0n) is 27.3. The van der Waals surface area contributed by atoms with Gasteiger partial charge in [0.2, 0.25) is 6.71 Å². The lowest BCUT2D eigenvalue weighted by Gasteiger charge is -2.35. The van der Waals surface area contributed by atoms with Crippen molar-refractivity contribution < 1.29 is 0 Å². The molecule has 0 aliphatic heterocycles. The zero-order chi connectivity index (χ0) is 31.6. The molecule has 0 spiro atoms. The first-order valence-electron chi connectivity index (χ1n) is 16.2. The molecule has 0 fully saturated rings. The van der Waals surface area contributed by atoms with Gasteiger partial charge in [0.15, 0.2) is 8.07 Å². The molecule has 0 saturated carbocycles. The van der Waals surface area contributed by atoms with Crippen molar-refractivity contribution in [2.24, 2.45) is 0 Å². The standard InChI is InChI=1S/C28H32N2Si.C13H13B/c1-22(2)24-10-8-14-27(18-24)31(21-30-17-16-29-20-30,26-12-6-5-7-13-26)28-15-9-11-25(19-28)23(3)4;1-14(12-8-4-2-5-9-12)13-10-6-3-7-11-13/h5-20,22-23H,21H2,1-4H3;2-11H,1H3. The first-order valence-corrected chi connectivity index (χ1v) is 18.4. The average Bonchev–Trinajstić information content (AvgIpc) is 3.61. The van der Waals surface area contributed by atoms with Gasteiger partial charge in [-0.3, -0.25) is 0 Å². The van der Waals surface area contributed by atoms with Crippen LogP contribution >= 0.6 is 0 Å². The Morgan fingerprint density at radius 3 is 1.44 bits per heavy atom. The van der Waals surface area contributed by atoms with E-state index in [1.165, 1.54) is 37.6 Å². The molecule has 0 unspecified atom stereocenters. The summed E-state index contributed by atoms with van der Waals surface area (Å²) in [6, 6.07) is 51.0. The molecule has 45 heavy (non-hydrogen) atoms. The van der Waals surface area contributed by atoms with Crippen molar-refractivity contribution in [3.8, 4) is 0 Å². The summed E-state index contributed by atoms with van der Waals surface area (Å²) >= 11 is 0. The summed E-state index contributed by atoms with van der Waals surface area (Å²) in [5.74, 6) is 0.996. The smallest absolute Gasteiger partial charge is 0.206 e. The van der Waals surface area contributed by atoms with Crippen LogP contribution in [0.5, 0.6) is 0 Å². The lowest BCUT2D eigenvalue weighted by Crippen LogP contribution is -2.69. The number of hydrogen-bond donors (Lipinski definition) is 0. The SMILES string of the molecule is CB(c1ccccc1)c1ccccc1.CC(C)c1cccc([Si](Cn2ccnc2)(c2ccccc2)c2cccc(C(C)C)c2)c1. The second kappa shape index (κ2) is 15.1. The molecule has 0 aliphatic rings. The van der Waals surface area contributed by atoms with Crippen LogP contribution in [0.25, 0.3) is 0 Å². The van der Waals surface area contributed by atoms with Gasteiger partial charge in [0.25, 0.3) is 0 Å². The highest BCUT2D eigenvalue weighted by atomic mass is 28.3. The molecule has 4 heteroatoms. The normalized spacial score (nSPS) is 11.3. The maximum atomic E-state index is 4.36. The van der Waals surface area contributed by atoms with E-state index in [1.807, 2.05) is 12.5 Å². The molecule has 0 bridgehead atoms. The summed E-state index contributed by atoms with van der Waals surface area (Å²) in [6.45, 7) is 11.8. The maximum Gasteiger partial charge on any atom is 0.206 e. The Hall–Kier alpha value is -4.41. The van der Waals surface area contributed by atoms with Crippen LogP contribution in [0.4, 0.5) is 0 Å². The highest BCUT2D eigenvalue weighted by molar-refractivity contribution is 7.10. The third-order valence-electron chi connectivity index (χ3n) is 8.94. The van der Waals surface area contributed by atoms with Crippen LogP contribution in [-0.2, 0) is 6.17 Å². The van der Waals surface area contributed by atoms with Crippen molar-refractivity contribution in [3.63, 3.8) is 0 Å². The van der Waals surface area contributed by atoms with Gasteiger partial charge < -0.3 is 4.57 Å². The number of hydrogen-bond acceptors (Lipinski definition) is 1. The molecular weight excluding hydrogens is 559 g/mol. The van der Waals surface area contributed by atoms with E-state index in [0.717, 1.165) is 6.17 Å². The Kier molecular flexibility index (Phi) is 10.7. The Morgan fingerprint density at radius 2 is 1.02 bits per heavy atom. The van der Waals surface area contributed by atoms with Gasteiger partial charge in [-0.15, -0.1) is 0 Å². The fourth-order valence-electron chi connectivity index (χ4n) is 6.15. The van der Waals surface area contributed by atoms with Crippen LogP contribution in [0.2, 0.25) is 6.82 Å². The molecule has 5 aromatic carbocycles. The molecule has 0 atom stereocenters. The minimum absolute atomic E-state index is 0.484. The van der Waals surface area contributed by atoms with E-state index in [-0.39, 0.29) is 0 Å². The number of benzene rings is 5. The van der Waals surface area contributed by atoms with Crippen molar-refractivity contribution >= 4 is 41.3 Å². The van der Waals surface area contributed by atoms with Gasteiger partial charge in [-0.1, -0.05) is 185 Å². The second-order valence-electron chi connectivity index (χ2n) is 12.6. The molecule has 0 radical (unpaired) electrons. The second-order valence-corrected chi connectivity index (χ2v) is 16.5. The molecule has 1 aromatic heterocycles. The van der Waals surface area contributed by atoms with Gasteiger partial charge in [0.1, 0.15) is 0 Å². The highest BCUT2D eigenvalue weighted by Gasteiger charge is 2.40. The summed E-state index contributed by atoms with van der Waals surface area (Å²) in [6.07, 6.45) is 6.88. The molecule has 1 heterocycles. The summed E-state index contributed by atoms with van der Waals surface area (Å²) in [4.78, 5) is 4.36. The topological polar surface area (TPSA) is 17.8 Å². The molecule has 6 aromatic rings. The van der Waals surface area contributed by atoms with Crippen molar-refractivity contribution in [2.75, 3.05) is 0 Å². The minimum Gasteiger partial charge on any atom is -0.339 e. The van der Waals surface area contributed by atoms with Gasteiger partial charge in [0.05, 0.1) is 6.33 Å². The zero-order valence-corrected chi connectivity index (χ0v) is 28.3. The van der Waals surface area contributed by atoms with Gasteiger partial charge in [0, 0.05) is 18.6 Å². The Labute approximate surface area is 271 Å². The van der Waals surface area contributed by atoms with Gasteiger partial charge >= 0.3 is 0 Å². The van der Waals surface area contributed by atoms with Crippen molar-refractivity contribution in [1.82, 2.24) is 9.55 Å². The largest absolute Gasteiger partial charge is 0.339 e. The van der Waals surface area contributed by atoms with Crippen molar-refractivity contribution in [2.45, 2.75) is 52.5 Å². The predicted molar refractivity (Wildman–Crippen MR) is 198 cm³/mol. The van der Waals surface area contributed by atoms with Crippen LogP contribution in [0.15, 0.2) is 158 Å². The Morgan fingerprint density at radius 1 is 0.578 bits per heavy atom. The number of rotatable bonds is 9. The number of nitrogens with zero attached hydrogens (tertiary/aromatic N) is 2. The first-order chi connectivity index (χ1) is 21.9. The van der Waals surface area contributed by atoms with Crippen LogP contribution in [0, 0.1) is 0 Å². The summed E-state index contributed by atoms with van der Waals surface area (Å²) in [5, 5.41) is 4.35. The van der Waals surface area contributed by atoms with E-state index >= 15 is 0 Å².